The molecule has 32 heavy (non-hydrogen) atoms. The van der Waals surface area contributed by atoms with Crippen molar-refractivity contribution in [3.63, 3.8) is 0 Å². The number of hydrogen-bond donors (Lipinski definition) is 0. The number of para-hydroxylation sites is 1. The van der Waals surface area contributed by atoms with Gasteiger partial charge in [-0.1, -0.05) is 42.1 Å². The predicted octanol–water partition coefficient (Wildman–Crippen LogP) is 3.95. The van der Waals surface area contributed by atoms with Crippen LogP contribution in [0.15, 0.2) is 59.8 Å². The Hall–Kier alpha value is -2.84. The van der Waals surface area contributed by atoms with Gasteiger partial charge in [0.1, 0.15) is 0 Å². The maximum atomic E-state index is 13.2. The smallest absolute Gasteiger partial charge is 0.237 e. The lowest BCUT2D eigenvalue weighted by atomic mass is 10.2. The first kappa shape index (κ1) is 22.4. The number of ether oxygens (including phenoxy) is 1. The Kier molecular flexibility index (Phi) is 7.12. The van der Waals surface area contributed by atoms with E-state index in [2.05, 4.69) is 44.8 Å². The number of rotatable bonds is 7. The van der Waals surface area contributed by atoms with Crippen LogP contribution in [0.1, 0.15) is 19.4 Å². The first-order valence-electron chi connectivity index (χ1n) is 10.9. The summed E-state index contributed by atoms with van der Waals surface area (Å²) in [6, 6.07) is 18.1. The summed E-state index contributed by atoms with van der Waals surface area (Å²) >= 11 is 1.42. The molecule has 1 fully saturated rings. The third kappa shape index (κ3) is 4.97. The highest BCUT2D eigenvalue weighted by Crippen LogP contribution is 2.28. The molecular formula is C24H29N5O2S. The molecular weight excluding hydrogens is 422 g/mol. The molecule has 0 radical (unpaired) electrons. The van der Waals surface area contributed by atoms with Crippen molar-refractivity contribution in [3.05, 3.63) is 60.2 Å². The summed E-state index contributed by atoms with van der Waals surface area (Å²) < 4.78 is 7.56. The standard InChI is InChI=1S/C24H29N5O2S/c1-18(2)28(20-9-5-4-6-10-20)22(30)17-32-24-26-25-23(27-12-14-31-15-13-27)29(24)21-11-7-8-19(3)16-21/h4-11,16,18H,12-15,17H2,1-3H3. The Labute approximate surface area is 193 Å². The minimum atomic E-state index is 0.0444. The lowest BCUT2D eigenvalue weighted by molar-refractivity contribution is -0.116. The monoisotopic (exact) mass is 451 g/mol. The molecule has 0 unspecified atom stereocenters. The highest BCUT2D eigenvalue weighted by molar-refractivity contribution is 7.99. The fourth-order valence-corrected chi connectivity index (χ4v) is 4.64. The first-order valence-corrected chi connectivity index (χ1v) is 11.9. The molecule has 2 aromatic carbocycles. The molecule has 168 valence electrons. The van der Waals surface area contributed by atoms with Crippen LogP contribution in [-0.2, 0) is 9.53 Å². The van der Waals surface area contributed by atoms with E-state index in [0.29, 0.717) is 18.4 Å². The number of thioether (sulfide) groups is 1. The average molecular weight is 452 g/mol. The molecule has 1 aromatic heterocycles. The molecule has 8 heteroatoms. The number of amides is 1. The molecule has 0 bridgehead atoms. The molecule has 1 aliphatic rings. The third-order valence-electron chi connectivity index (χ3n) is 5.31. The van der Waals surface area contributed by atoms with Gasteiger partial charge < -0.3 is 14.5 Å². The van der Waals surface area contributed by atoms with Crippen LogP contribution in [-0.4, -0.2) is 58.8 Å². The second-order valence-electron chi connectivity index (χ2n) is 8.04. The van der Waals surface area contributed by atoms with E-state index in [4.69, 9.17) is 4.74 Å². The zero-order valence-electron chi connectivity index (χ0n) is 18.8. The quantitative estimate of drug-likeness (QED) is 0.507. The Morgan fingerprint density at radius 3 is 2.53 bits per heavy atom. The second kappa shape index (κ2) is 10.2. The average Bonchev–Trinajstić information content (AvgIpc) is 3.23. The zero-order chi connectivity index (χ0) is 22.5. The number of carbonyl (C=O) groups excluding carboxylic acids is 1. The molecule has 7 nitrogen and oxygen atoms in total. The van der Waals surface area contributed by atoms with Crippen LogP contribution >= 0.6 is 11.8 Å². The van der Waals surface area contributed by atoms with E-state index in [0.717, 1.165) is 36.0 Å². The normalized spacial score (nSPS) is 14.1. The fraction of sp³-hybridized carbons (Fsp3) is 0.375. The van der Waals surface area contributed by atoms with E-state index in [-0.39, 0.29) is 17.7 Å². The number of anilines is 2. The van der Waals surface area contributed by atoms with Gasteiger partial charge >= 0.3 is 0 Å². The van der Waals surface area contributed by atoms with Gasteiger partial charge in [0.05, 0.1) is 24.7 Å². The molecule has 0 aliphatic carbocycles. The van der Waals surface area contributed by atoms with E-state index in [1.807, 2.05) is 55.1 Å². The van der Waals surface area contributed by atoms with Gasteiger partial charge in [0.15, 0.2) is 5.16 Å². The molecule has 0 atom stereocenters. The summed E-state index contributed by atoms with van der Waals surface area (Å²) in [7, 11) is 0. The van der Waals surface area contributed by atoms with Crippen LogP contribution in [0.3, 0.4) is 0 Å². The van der Waals surface area contributed by atoms with Gasteiger partial charge in [0.25, 0.3) is 0 Å². The van der Waals surface area contributed by atoms with Crippen LogP contribution in [0.5, 0.6) is 0 Å². The Morgan fingerprint density at radius 1 is 1.09 bits per heavy atom. The molecule has 1 saturated heterocycles. The zero-order valence-corrected chi connectivity index (χ0v) is 19.6. The van der Waals surface area contributed by atoms with E-state index < -0.39 is 0 Å². The molecule has 3 aromatic rings. The largest absolute Gasteiger partial charge is 0.378 e. The molecule has 1 aliphatic heterocycles. The fourth-order valence-electron chi connectivity index (χ4n) is 3.83. The van der Waals surface area contributed by atoms with Gasteiger partial charge in [-0.05, 0) is 50.6 Å². The van der Waals surface area contributed by atoms with E-state index in [1.165, 1.54) is 11.8 Å². The summed E-state index contributed by atoms with van der Waals surface area (Å²) in [5.74, 6) is 1.11. The van der Waals surface area contributed by atoms with Gasteiger partial charge in [-0.15, -0.1) is 10.2 Å². The van der Waals surface area contributed by atoms with Crippen LogP contribution < -0.4 is 9.80 Å². The minimum absolute atomic E-state index is 0.0444. The van der Waals surface area contributed by atoms with Gasteiger partial charge in [-0.2, -0.15) is 0 Å². The summed E-state index contributed by atoms with van der Waals surface area (Å²) in [5, 5.41) is 9.68. The van der Waals surface area contributed by atoms with Crippen molar-refractivity contribution in [2.45, 2.75) is 32.0 Å². The first-order chi connectivity index (χ1) is 15.5. The van der Waals surface area contributed by atoms with Gasteiger partial charge in [0, 0.05) is 24.8 Å². The molecule has 2 heterocycles. The number of morpholine rings is 1. The van der Waals surface area contributed by atoms with Crippen molar-refractivity contribution in [2.24, 2.45) is 0 Å². The number of carbonyl (C=O) groups is 1. The third-order valence-corrected chi connectivity index (χ3v) is 6.23. The number of hydrogen-bond acceptors (Lipinski definition) is 6. The van der Waals surface area contributed by atoms with Gasteiger partial charge in [-0.3, -0.25) is 9.36 Å². The Morgan fingerprint density at radius 2 is 1.84 bits per heavy atom. The molecule has 0 saturated carbocycles. The number of benzene rings is 2. The number of nitrogens with zero attached hydrogens (tertiary/aromatic N) is 5. The van der Waals surface area contributed by atoms with Crippen molar-refractivity contribution < 1.29 is 9.53 Å². The summed E-state index contributed by atoms with van der Waals surface area (Å²) in [6.45, 7) is 9.00. The van der Waals surface area contributed by atoms with Crippen LogP contribution in [0.4, 0.5) is 11.6 Å². The Balaban J connectivity index is 1.60. The molecule has 1 amide bonds. The Bertz CT molecular complexity index is 1050. The lowest BCUT2D eigenvalue weighted by Gasteiger charge is -2.28. The molecule has 0 N–H and O–H groups in total. The van der Waals surface area contributed by atoms with Crippen molar-refractivity contribution >= 4 is 29.3 Å². The van der Waals surface area contributed by atoms with Gasteiger partial charge in [0.2, 0.25) is 11.9 Å². The minimum Gasteiger partial charge on any atom is -0.378 e. The summed E-state index contributed by atoms with van der Waals surface area (Å²) in [5.41, 5.74) is 3.06. The molecule has 4 rings (SSSR count). The van der Waals surface area contributed by atoms with Crippen LogP contribution in [0.2, 0.25) is 0 Å². The SMILES string of the molecule is Cc1cccc(-n2c(SCC(=O)N(c3ccccc3)C(C)C)nnc2N2CCOCC2)c1. The summed E-state index contributed by atoms with van der Waals surface area (Å²) in [4.78, 5) is 17.2. The highest BCUT2D eigenvalue weighted by atomic mass is 32.2. The lowest BCUT2D eigenvalue weighted by Crippen LogP contribution is -2.38. The van der Waals surface area contributed by atoms with Crippen molar-refractivity contribution in [3.8, 4) is 5.69 Å². The van der Waals surface area contributed by atoms with Gasteiger partial charge in [-0.25, -0.2) is 0 Å². The highest BCUT2D eigenvalue weighted by Gasteiger charge is 2.24. The van der Waals surface area contributed by atoms with Crippen molar-refractivity contribution in [2.75, 3.05) is 41.9 Å². The second-order valence-corrected chi connectivity index (χ2v) is 8.98. The van der Waals surface area contributed by atoms with Crippen molar-refractivity contribution in [1.29, 1.82) is 0 Å². The topological polar surface area (TPSA) is 63.5 Å². The summed E-state index contributed by atoms with van der Waals surface area (Å²) in [6.07, 6.45) is 0. The molecule has 0 spiro atoms. The van der Waals surface area contributed by atoms with E-state index >= 15 is 0 Å². The number of aromatic nitrogens is 3. The van der Waals surface area contributed by atoms with E-state index in [1.54, 1.807) is 0 Å². The predicted molar refractivity (Wildman–Crippen MR) is 129 cm³/mol. The van der Waals surface area contributed by atoms with Crippen LogP contribution in [0, 0.1) is 6.92 Å². The van der Waals surface area contributed by atoms with Crippen LogP contribution in [0.25, 0.3) is 5.69 Å². The van der Waals surface area contributed by atoms with Crippen molar-refractivity contribution in [1.82, 2.24) is 14.8 Å². The maximum Gasteiger partial charge on any atom is 0.237 e. The van der Waals surface area contributed by atoms with E-state index in [9.17, 15) is 4.79 Å². The number of aryl methyl sites for hydroxylation is 1. The maximum absolute atomic E-state index is 13.2.